The molecule has 0 aliphatic heterocycles. The zero-order chi connectivity index (χ0) is 10.3. The number of halogens is 2. The van der Waals surface area contributed by atoms with Crippen LogP contribution in [0.15, 0.2) is 0 Å². The third-order valence-electron chi connectivity index (χ3n) is 1.71. The van der Waals surface area contributed by atoms with E-state index in [2.05, 4.69) is 19.2 Å². The van der Waals surface area contributed by atoms with Crippen molar-refractivity contribution in [2.45, 2.75) is 39.5 Å². The van der Waals surface area contributed by atoms with Gasteiger partial charge in [0.25, 0.3) is 5.91 Å². The Kier molecular flexibility index (Phi) is 6.45. The smallest absolute Gasteiger partial charge is 0.315 e. The molecular formula is C9H17F2NO. The summed E-state index contributed by atoms with van der Waals surface area (Å²) < 4.78 is 23.3. The average molecular weight is 193 g/mol. The summed E-state index contributed by atoms with van der Waals surface area (Å²) in [6.45, 7) is 4.57. The molecule has 0 aliphatic rings. The first kappa shape index (κ1) is 12.3. The van der Waals surface area contributed by atoms with Gasteiger partial charge in [-0.3, -0.25) is 4.79 Å². The van der Waals surface area contributed by atoms with Crippen molar-refractivity contribution < 1.29 is 13.6 Å². The van der Waals surface area contributed by atoms with E-state index >= 15 is 0 Å². The molecule has 0 aliphatic carbocycles. The van der Waals surface area contributed by atoms with Gasteiger partial charge in [0.05, 0.1) is 0 Å². The molecule has 78 valence electrons. The molecule has 0 bridgehead atoms. The Bertz CT molecular complexity index is 149. The molecule has 0 unspecified atom stereocenters. The van der Waals surface area contributed by atoms with Crippen LogP contribution in [-0.4, -0.2) is 18.9 Å². The van der Waals surface area contributed by atoms with E-state index in [0.29, 0.717) is 12.5 Å². The summed E-state index contributed by atoms with van der Waals surface area (Å²) >= 11 is 0. The van der Waals surface area contributed by atoms with E-state index in [1.54, 1.807) is 0 Å². The third kappa shape index (κ3) is 7.68. The molecule has 0 saturated carbocycles. The van der Waals surface area contributed by atoms with E-state index in [4.69, 9.17) is 0 Å². The van der Waals surface area contributed by atoms with Crippen LogP contribution >= 0.6 is 0 Å². The minimum atomic E-state index is -2.88. The second-order valence-electron chi connectivity index (χ2n) is 3.48. The van der Waals surface area contributed by atoms with E-state index in [1.165, 1.54) is 0 Å². The molecule has 0 fully saturated rings. The first-order valence-corrected chi connectivity index (χ1v) is 4.60. The fourth-order valence-corrected chi connectivity index (χ4v) is 0.966. The van der Waals surface area contributed by atoms with Crippen LogP contribution in [0.1, 0.15) is 33.1 Å². The zero-order valence-electron chi connectivity index (χ0n) is 8.15. The minimum absolute atomic E-state index is 0.357. The van der Waals surface area contributed by atoms with E-state index in [1.807, 2.05) is 0 Å². The van der Waals surface area contributed by atoms with Crippen molar-refractivity contribution in [2.75, 3.05) is 6.54 Å². The number of hydrogen-bond acceptors (Lipinski definition) is 1. The summed E-state index contributed by atoms with van der Waals surface area (Å²) in [5.41, 5.74) is 0. The van der Waals surface area contributed by atoms with Gasteiger partial charge in [-0.2, -0.15) is 8.78 Å². The van der Waals surface area contributed by atoms with Crippen molar-refractivity contribution in [1.29, 1.82) is 0 Å². The molecule has 13 heavy (non-hydrogen) atoms. The highest BCUT2D eigenvalue weighted by atomic mass is 19.3. The van der Waals surface area contributed by atoms with Gasteiger partial charge in [0.1, 0.15) is 0 Å². The summed E-state index contributed by atoms with van der Waals surface area (Å²) in [5.74, 6) is -0.532. The average Bonchev–Trinajstić information content (AvgIpc) is 2.02. The van der Waals surface area contributed by atoms with Crippen LogP contribution in [0.2, 0.25) is 0 Å². The number of carbonyl (C=O) groups is 1. The molecule has 0 spiro atoms. The van der Waals surface area contributed by atoms with Gasteiger partial charge in [-0.1, -0.05) is 26.7 Å². The molecule has 0 aromatic rings. The Morgan fingerprint density at radius 1 is 1.31 bits per heavy atom. The largest absolute Gasteiger partial charge is 0.351 e. The van der Waals surface area contributed by atoms with Gasteiger partial charge in [-0.05, 0) is 12.3 Å². The number of alkyl halides is 2. The van der Waals surface area contributed by atoms with Gasteiger partial charge >= 0.3 is 6.43 Å². The predicted octanol–water partition coefficient (Wildman–Crippen LogP) is 2.19. The van der Waals surface area contributed by atoms with E-state index in [9.17, 15) is 13.6 Å². The van der Waals surface area contributed by atoms with Gasteiger partial charge in [-0.15, -0.1) is 0 Å². The molecule has 0 radical (unpaired) electrons. The second-order valence-corrected chi connectivity index (χ2v) is 3.48. The SMILES string of the molecule is CC(C)CCCCNC(=O)C(F)F. The highest BCUT2D eigenvalue weighted by molar-refractivity contribution is 5.78. The van der Waals surface area contributed by atoms with Crippen molar-refractivity contribution >= 4 is 5.91 Å². The first-order chi connectivity index (χ1) is 6.04. The molecule has 0 rings (SSSR count). The summed E-state index contributed by atoms with van der Waals surface area (Å²) in [5, 5.41) is 2.17. The molecule has 2 nitrogen and oxygen atoms in total. The number of hydrogen-bond donors (Lipinski definition) is 1. The molecule has 0 aromatic heterocycles. The Balaban J connectivity index is 3.21. The lowest BCUT2D eigenvalue weighted by Gasteiger charge is -2.05. The van der Waals surface area contributed by atoms with Gasteiger partial charge in [0, 0.05) is 6.54 Å². The fraction of sp³-hybridized carbons (Fsp3) is 0.889. The Morgan fingerprint density at radius 2 is 1.92 bits per heavy atom. The standard InChI is InChI=1S/C9H17F2NO/c1-7(2)5-3-4-6-12-9(13)8(10)11/h7-8H,3-6H2,1-2H3,(H,12,13). The maximum Gasteiger partial charge on any atom is 0.315 e. The number of unbranched alkanes of at least 4 members (excludes halogenated alkanes) is 1. The maximum atomic E-state index is 11.7. The van der Waals surface area contributed by atoms with Crippen molar-refractivity contribution in [1.82, 2.24) is 5.32 Å². The van der Waals surface area contributed by atoms with Crippen LogP contribution in [-0.2, 0) is 4.79 Å². The maximum absolute atomic E-state index is 11.7. The van der Waals surface area contributed by atoms with Crippen molar-refractivity contribution in [3.63, 3.8) is 0 Å². The van der Waals surface area contributed by atoms with Gasteiger partial charge in [0.15, 0.2) is 0 Å². The van der Waals surface area contributed by atoms with Crippen LogP contribution in [0.3, 0.4) is 0 Å². The molecule has 0 aromatic carbocycles. The number of amides is 1. The lowest BCUT2D eigenvalue weighted by Crippen LogP contribution is -2.30. The van der Waals surface area contributed by atoms with Crippen molar-refractivity contribution in [3.8, 4) is 0 Å². The summed E-state index contributed by atoms with van der Waals surface area (Å²) in [6, 6.07) is 0. The van der Waals surface area contributed by atoms with Gasteiger partial charge < -0.3 is 5.32 Å². The number of nitrogens with one attached hydrogen (secondary N) is 1. The lowest BCUT2D eigenvalue weighted by molar-refractivity contribution is -0.131. The summed E-state index contributed by atoms with van der Waals surface area (Å²) in [7, 11) is 0. The topological polar surface area (TPSA) is 29.1 Å². The molecule has 4 heteroatoms. The van der Waals surface area contributed by atoms with Crippen molar-refractivity contribution in [3.05, 3.63) is 0 Å². The van der Waals surface area contributed by atoms with E-state index < -0.39 is 12.3 Å². The highest BCUT2D eigenvalue weighted by Crippen LogP contribution is 2.05. The zero-order valence-corrected chi connectivity index (χ0v) is 8.15. The molecule has 0 atom stereocenters. The quantitative estimate of drug-likeness (QED) is 0.644. The molecule has 0 saturated heterocycles. The lowest BCUT2D eigenvalue weighted by atomic mass is 10.1. The normalized spacial score (nSPS) is 10.9. The van der Waals surface area contributed by atoms with Crippen LogP contribution in [0.5, 0.6) is 0 Å². The first-order valence-electron chi connectivity index (χ1n) is 4.60. The Hall–Kier alpha value is -0.670. The van der Waals surface area contributed by atoms with Crippen LogP contribution in [0, 0.1) is 5.92 Å². The van der Waals surface area contributed by atoms with Crippen LogP contribution in [0.4, 0.5) is 8.78 Å². The van der Waals surface area contributed by atoms with E-state index in [0.717, 1.165) is 19.3 Å². The highest BCUT2D eigenvalue weighted by Gasteiger charge is 2.13. The van der Waals surface area contributed by atoms with Crippen LogP contribution < -0.4 is 5.32 Å². The number of carbonyl (C=O) groups excluding carboxylic acids is 1. The molecule has 1 N–H and O–H groups in total. The van der Waals surface area contributed by atoms with Crippen LogP contribution in [0.25, 0.3) is 0 Å². The third-order valence-corrected chi connectivity index (χ3v) is 1.71. The minimum Gasteiger partial charge on any atom is -0.351 e. The fourth-order valence-electron chi connectivity index (χ4n) is 0.966. The second kappa shape index (κ2) is 6.80. The number of rotatable bonds is 6. The van der Waals surface area contributed by atoms with Crippen molar-refractivity contribution in [2.24, 2.45) is 5.92 Å². The summed E-state index contributed by atoms with van der Waals surface area (Å²) in [4.78, 5) is 10.4. The molecular weight excluding hydrogens is 176 g/mol. The summed E-state index contributed by atoms with van der Waals surface area (Å²) in [6.07, 6.45) is -0.0624. The Morgan fingerprint density at radius 3 is 2.38 bits per heavy atom. The van der Waals surface area contributed by atoms with E-state index in [-0.39, 0.29) is 0 Å². The molecule has 1 amide bonds. The monoisotopic (exact) mass is 193 g/mol. The predicted molar refractivity (Wildman–Crippen MR) is 47.7 cm³/mol. The Labute approximate surface area is 77.7 Å². The van der Waals surface area contributed by atoms with Gasteiger partial charge in [-0.25, -0.2) is 0 Å². The molecule has 0 heterocycles. The van der Waals surface area contributed by atoms with Gasteiger partial charge in [0.2, 0.25) is 0 Å².